The molecule has 0 aromatic heterocycles. The van der Waals surface area contributed by atoms with E-state index in [1.54, 1.807) is 0 Å². The Kier molecular flexibility index (Phi) is 2.10. The van der Waals surface area contributed by atoms with E-state index in [4.69, 9.17) is 0 Å². The quantitative estimate of drug-likeness (QED) is 0.492. The van der Waals surface area contributed by atoms with Crippen LogP contribution < -0.4 is 0 Å². The molecule has 1 aliphatic carbocycles. The molecule has 0 amide bonds. The maximum absolute atomic E-state index is 3.76. The van der Waals surface area contributed by atoms with Crippen molar-refractivity contribution >= 4 is 0 Å². The Morgan fingerprint density at radius 2 is 2.11 bits per heavy atom. The molecule has 0 aliphatic heterocycles. The Labute approximate surface area is 57.3 Å². The van der Waals surface area contributed by atoms with Gasteiger partial charge in [0.05, 0.1) is 0 Å². The van der Waals surface area contributed by atoms with Crippen LogP contribution in [0.15, 0.2) is 25.3 Å². The summed E-state index contributed by atoms with van der Waals surface area (Å²) in [4.78, 5) is 0. The van der Waals surface area contributed by atoms with E-state index in [0.717, 1.165) is 0 Å². The average molecular weight is 121 g/mol. The minimum absolute atomic E-state index is 0.646. The van der Waals surface area contributed by atoms with Crippen LogP contribution in [0, 0.1) is 18.3 Å². The second-order valence-electron chi connectivity index (χ2n) is 2.60. The summed E-state index contributed by atoms with van der Waals surface area (Å²) in [6.07, 6.45) is 8.80. The molecule has 0 N–H and O–H groups in total. The van der Waals surface area contributed by atoms with E-state index in [-0.39, 0.29) is 0 Å². The fourth-order valence-corrected chi connectivity index (χ4v) is 1.28. The van der Waals surface area contributed by atoms with Crippen LogP contribution in [-0.2, 0) is 0 Å². The summed E-state index contributed by atoms with van der Waals surface area (Å²) in [5.41, 5.74) is 0. The molecule has 1 fully saturated rings. The SMILES string of the molecule is C=CC1[CH]CC(C=C)C1. The van der Waals surface area contributed by atoms with E-state index >= 15 is 0 Å². The van der Waals surface area contributed by atoms with Gasteiger partial charge in [-0.2, -0.15) is 0 Å². The summed E-state index contributed by atoms with van der Waals surface area (Å²) in [6, 6.07) is 0. The molecule has 0 nitrogen and oxygen atoms in total. The monoisotopic (exact) mass is 121 g/mol. The van der Waals surface area contributed by atoms with E-state index in [0.29, 0.717) is 11.8 Å². The molecule has 1 aliphatic rings. The van der Waals surface area contributed by atoms with Gasteiger partial charge in [0.15, 0.2) is 0 Å². The highest BCUT2D eigenvalue weighted by atomic mass is 14.2. The van der Waals surface area contributed by atoms with E-state index in [9.17, 15) is 0 Å². The molecule has 2 unspecified atom stereocenters. The van der Waals surface area contributed by atoms with Crippen LogP contribution in [0.4, 0.5) is 0 Å². The molecule has 1 saturated carbocycles. The zero-order valence-corrected chi connectivity index (χ0v) is 5.72. The van der Waals surface area contributed by atoms with Crippen LogP contribution >= 0.6 is 0 Å². The fraction of sp³-hybridized carbons (Fsp3) is 0.444. The van der Waals surface area contributed by atoms with Crippen molar-refractivity contribution in [3.05, 3.63) is 31.7 Å². The highest BCUT2D eigenvalue weighted by molar-refractivity contribution is 5.02. The summed E-state index contributed by atoms with van der Waals surface area (Å²) in [6.45, 7) is 7.50. The van der Waals surface area contributed by atoms with Crippen molar-refractivity contribution in [1.29, 1.82) is 0 Å². The lowest BCUT2D eigenvalue weighted by Crippen LogP contribution is -1.88. The van der Waals surface area contributed by atoms with Gasteiger partial charge < -0.3 is 0 Å². The summed E-state index contributed by atoms with van der Waals surface area (Å²) >= 11 is 0. The first-order valence-corrected chi connectivity index (χ1v) is 3.45. The molecule has 49 valence electrons. The van der Waals surface area contributed by atoms with E-state index in [1.165, 1.54) is 12.8 Å². The smallest absolute Gasteiger partial charge is 0.0199 e. The average Bonchev–Trinajstić information content (AvgIpc) is 2.34. The Balaban J connectivity index is 2.36. The van der Waals surface area contributed by atoms with Crippen molar-refractivity contribution < 1.29 is 0 Å². The Morgan fingerprint density at radius 3 is 2.44 bits per heavy atom. The largest absolute Gasteiger partial charge is 0.103 e. The lowest BCUT2D eigenvalue weighted by atomic mass is 10.1. The topological polar surface area (TPSA) is 0 Å². The number of rotatable bonds is 2. The van der Waals surface area contributed by atoms with E-state index in [2.05, 4.69) is 19.6 Å². The van der Waals surface area contributed by atoms with Crippen molar-refractivity contribution in [2.45, 2.75) is 12.8 Å². The molecule has 2 atom stereocenters. The van der Waals surface area contributed by atoms with Crippen LogP contribution in [0.5, 0.6) is 0 Å². The van der Waals surface area contributed by atoms with E-state index in [1.807, 2.05) is 12.2 Å². The van der Waals surface area contributed by atoms with Gasteiger partial charge in [-0.1, -0.05) is 12.2 Å². The predicted molar refractivity (Wildman–Crippen MR) is 40.9 cm³/mol. The molecule has 1 rings (SSSR count). The third-order valence-electron chi connectivity index (χ3n) is 1.95. The third kappa shape index (κ3) is 1.44. The Hall–Kier alpha value is -0.520. The summed E-state index contributed by atoms with van der Waals surface area (Å²) < 4.78 is 0. The standard InChI is InChI=1S/C9H13/c1-3-8-5-6-9(4-2)7-8/h3-5,8-9H,1-2,6-7H2. The first-order valence-electron chi connectivity index (χ1n) is 3.45. The van der Waals surface area contributed by atoms with Gasteiger partial charge >= 0.3 is 0 Å². The van der Waals surface area contributed by atoms with Crippen LogP contribution in [0.25, 0.3) is 0 Å². The summed E-state index contributed by atoms with van der Waals surface area (Å²) in [7, 11) is 0. The number of hydrogen-bond acceptors (Lipinski definition) is 0. The highest BCUT2D eigenvalue weighted by Gasteiger charge is 2.19. The van der Waals surface area contributed by atoms with Gasteiger partial charge in [-0.3, -0.25) is 0 Å². The van der Waals surface area contributed by atoms with Crippen LogP contribution in [0.2, 0.25) is 0 Å². The van der Waals surface area contributed by atoms with Crippen LogP contribution in [0.1, 0.15) is 12.8 Å². The minimum atomic E-state index is 0.646. The van der Waals surface area contributed by atoms with Crippen molar-refractivity contribution in [2.24, 2.45) is 11.8 Å². The number of allylic oxidation sites excluding steroid dienone is 2. The second kappa shape index (κ2) is 2.86. The van der Waals surface area contributed by atoms with Crippen LogP contribution in [-0.4, -0.2) is 0 Å². The van der Waals surface area contributed by atoms with Crippen molar-refractivity contribution in [3.8, 4) is 0 Å². The summed E-state index contributed by atoms with van der Waals surface area (Å²) in [5.74, 6) is 1.36. The zero-order chi connectivity index (χ0) is 6.69. The van der Waals surface area contributed by atoms with Gasteiger partial charge in [0.1, 0.15) is 0 Å². The highest BCUT2D eigenvalue weighted by Crippen LogP contribution is 2.30. The fourth-order valence-electron chi connectivity index (χ4n) is 1.28. The minimum Gasteiger partial charge on any atom is -0.103 e. The molecule has 9 heavy (non-hydrogen) atoms. The van der Waals surface area contributed by atoms with Gasteiger partial charge in [0.2, 0.25) is 0 Å². The molecule has 0 bridgehead atoms. The van der Waals surface area contributed by atoms with Gasteiger partial charge in [-0.05, 0) is 31.1 Å². The molecule has 0 aromatic rings. The maximum Gasteiger partial charge on any atom is -0.0199 e. The molecule has 0 heterocycles. The lowest BCUT2D eigenvalue weighted by molar-refractivity contribution is 0.648. The van der Waals surface area contributed by atoms with Gasteiger partial charge in [0.25, 0.3) is 0 Å². The van der Waals surface area contributed by atoms with Crippen molar-refractivity contribution in [3.63, 3.8) is 0 Å². The van der Waals surface area contributed by atoms with Gasteiger partial charge in [-0.25, -0.2) is 0 Å². The van der Waals surface area contributed by atoms with Crippen LogP contribution in [0.3, 0.4) is 0 Å². The molecular weight excluding hydrogens is 108 g/mol. The zero-order valence-electron chi connectivity index (χ0n) is 5.72. The van der Waals surface area contributed by atoms with Crippen molar-refractivity contribution in [2.75, 3.05) is 0 Å². The summed E-state index contributed by atoms with van der Waals surface area (Å²) in [5, 5.41) is 0. The molecule has 0 heteroatoms. The Morgan fingerprint density at radius 1 is 1.33 bits per heavy atom. The Bertz CT molecular complexity index is 99.2. The molecule has 0 aromatic carbocycles. The third-order valence-corrected chi connectivity index (χ3v) is 1.95. The first kappa shape index (κ1) is 6.60. The maximum atomic E-state index is 3.76. The molecule has 0 saturated heterocycles. The second-order valence-corrected chi connectivity index (χ2v) is 2.60. The molecule has 0 spiro atoms. The normalized spacial score (nSPS) is 34.2. The molecule has 1 radical (unpaired) electrons. The lowest BCUT2D eigenvalue weighted by Gasteiger charge is -1.99. The number of hydrogen-bond donors (Lipinski definition) is 0. The first-order chi connectivity index (χ1) is 4.36. The van der Waals surface area contributed by atoms with Crippen molar-refractivity contribution in [1.82, 2.24) is 0 Å². The predicted octanol–water partition coefficient (Wildman–Crippen LogP) is 2.59. The van der Waals surface area contributed by atoms with Gasteiger partial charge in [-0.15, -0.1) is 13.2 Å². The van der Waals surface area contributed by atoms with E-state index < -0.39 is 0 Å². The van der Waals surface area contributed by atoms with Gasteiger partial charge in [0, 0.05) is 0 Å². The molecular formula is C9H13.